The minimum atomic E-state index is -0.184. The van der Waals surface area contributed by atoms with Crippen molar-refractivity contribution in [1.29, 1.82) is 0 Å². The second-order valence-corrected chi connectivity index (χ2v) is 8.92. The van der Waals surface area contributed by atoms with Crippen LogP contribution in [0.4, 0.5) is 5.69 Å². The van der Waals surface area contributed by atoms with E-state index in [4.69, 9.17) is 5.10 Å². The number of aliphatic hydroxyl groups excluding tert-OH is 1. The van der Waals surface area contributed by atoms with Crippen molar-refractivity contribution >= 4 is 11.2 Å². The summed E-state index contributed by atoms with van der Waals surface area (Å²) in [7, 11) is 1.82. The lowest BCUT2D eigenvalue weighted by Crippen LogP contribution is -2.35. The monoisotopic (exact) mass is 422 g/mol. The smallest absolute Gasteiger partial charge is 0.278 e. The summed E-state index contributed by atoms with van der Waals surface area (Å²) in [4.78, 5) is 15.7. The van der Waals surface area contributed by atoms with Gasteiger partial charge in [0.05, 0.1) is 6.10 Å². The molecule has 1 aromatic carbocycles. The van der Waals surface area contributed by atoms with Crippen LogP contribution in [-0.2, 0) is 7.05 Å². The predicted octanol–water partition coefficient (Wildman–Crippen LogP) is 4.18. The Morgan fingerprint density at radius 1 is 1.13 bits per heavy atom. The number of hydrogen-bond donors (Lipinski definition) is 1. The first-order valence-corrected chi connectivity index (χ1v) is 11.5. The second kappa shape index (κ2) is 8.50. The third-order valence-corrected chi connectivity index (χ3v) is 6.91. The van der Waals surface area contributed by atoms with E-state index in [1.807, 2.05) is 18.5 Å². The molecule has 3 aromatic rings. The summed E-state index contributed by atoms with van der Waals surface area (Å²) in [5, 5.41) is 14.7. The van der Waals surface area contributed by atoms with Crippen molar-refractivity contribution in [2.45, 2.75) is 65.4 Å². The maximum atomic E-state index is 13.4. The molecule has 0 amide bonds. The molecule has 0 aliphatic carbocycles. The van der Waals surface area contributed by atoms with E-state index in [0.717, 1.165) is 66.8 Å². The molecule has 6 nitrogen and oxygen atoms in total. The van der Waals surface area contributed by atoms with Crippen molar-refractivity contribution in [1.82, 2.24) is 14.2 Å². The minimum absolute atomic E-state index is 0.00787. The van der Waals surface area contributed by atoms with E-state index in [0.29, 0.717) is 17.3 Å². The molecule has 1 saturated heterocycles. The zero-order chi connectivity index (χ0) is 22.3. The maximum Gasteiger partial charge on any atom is 0.278 e. The van der Waals surface area contributed by atoms with Crippen LogP contribution >= 0.6 is 0 Å². The summed E-state index contributed by atoms with van der Waals surface area (Å²) in [5.74, 6) is 1.05. The largest absolute Gasteiger partial charge is 0.393 e. The second-order valence-electron chi connectivity index (χ2n) is 8.92. The van der Waals surface area contributed by atoms with Gasteiger partial charge in [0.1, 0.15) is 5.52 Å². The molecule has 0 spiro atoms. The molecule has 3 heterocycles. The summed E-state index contributed by atoms with van der Waals surface area (Å²) in [6.07, 6.45) is 3.44. The fraction of sp³-hybridized carbons (Fsp3) is 0.520. The normalized spacial score (nSPS) is 15.4. The van der Waals surface area contributed by atoms with Gasteiger partial charge in [0.15, 0.2) is 5.82 Å². The van der Waals surface area contributed by atoms with Gasteiger partial charge in [-0.05, 0) is 80.8 Å². The van der Waals surface area contributed by atoms with E-state index < -0.39 is 0 Å². The van der Waals surface area contributed by atoms with Gasteiger partial charge in [0, 0.05) is 37.1 Å². The number of aromatic nitrogens is 3. The molecule has 1 aliphatic heterocycles. The van der Waals surface area contributed by atoms with Crippen LogP contribution in [0.5, 0.6) is 0 Å². The van der Waals surface area contributed by atoms with Crippen molar-refractivity contribution in [3.05, 3.63) is 51.4 Å². The number of aliphatic hydroxyl groups is 1. The summed E-state index contributed by atoms with van der Waals surface area (Å²) >= 11 is 0. The van der Waals surface area contributed by atoms with Crippen LogP contribution in [0, 0.1) is 13.8 Å². The average Bonchev–Trinajstić information content (AvgIpc) is 3.08. The molecule has 6 heteroatoms. The van der Waals surface area contributed by atoms with E-state index >= 15 is 0 Å². The van der Waals surface area contributed by atoms with Gasteiger partial charge in [-0.1, -0.05) is 13.8 Å². The minimum Gasteiger partial charge on any atom is -0.393 e. The fourth-order valence-electron chi connectivity index (χ4n) is 4.91. The molecule has 1 N–H and O–H groups in total. The molecule has 0 atom stereocenters. The highest BCUT2D eigenvalue weighted by Gasteiger charge is 2.22. The zero-order valence-electron chi connectivity index (χ0n) is 19.4. The molecule has 2 aromatic heterocycles. The van der Waals surface area contributed by atoms with Crippen molar-refractivity contribution in [2.75, 3.05) is 18.0 Å². The Morgan fingerprint density at radius 3 is 2.42 bits per heavy atom. The standard InChI is InChI=1S/C25H34N4O2/c1-6-18(7-2)22-15-17(4)29-23(22)25(31)27(5)24(26-29)21-9-8-19(14-16(21)3)28-12-10-20(30)11-13-28/h8-9,14-15,18,20,30H,6-7,10-13H2,1-5H3. The molecule has 166 valence electrons. The van der Waals surface area contributed by atoms with E-state index in [9.17, 15) is 9.90 Å². The molecule has 0 bridgehead atoms. The number of nitrogens with zero attached hydrogens (tertiary/aromatic N) is 4. The summed E-state index contributed by atoms with van der Waals surface area (Å²) in [6, 6.07) is 8.48. The van der Waals surface area contributed by atoms with Gasteiger partial charge in [-0.2, -0.15) is 0 Å². The van der Waals surface area contributed by atoms with Gasteiger partial charge < -0.3 is 10.0 Å². The third-order valence-electron chi connectivity index (χ3n) is 6.91. The first-order chi connectivity index (χ1) is 14.8. The highest BCUT2D eigenvalue weighted by molar-refractivity contribution is 5.67. The number of benzene rings is 1. The Balaban J connectivity index is 1.79. The average molecular weight is 423 g/mol. The molecule has 1 fully saturated rings. The van der Waals surface area contributed by atoms with Crippen LogP contribution in [0.3, 0.4) is 0 Å². The predicted molar refractivity (Wildman–Crippen MR) is 126 cm³/mol. The number of fused-ring (bicyclic) bond motifs is 1. The molecule has 31 heavy (non-hydrogen) atoms. The van der Waals surface area contributed by atoms with Crippen molar-refractivity contribution in [3.8, 4) is 11.4 Å². The summed E-state index contributed by atoms with van der Waals surface area (Å²) < 4.78 is 3.53. The Bertz CT molecular complexity index is 1150. The molecule has 0 radical (unpaired) electrons. The number of piperidine rings is 1. The highest BCUT2D eigenvalue weighted by atomic mass is 16.3. The molecule has 0 unspecified atom stereocenters. The molecular weight excluding hydrogens is 388 g/mol. The van der Waals surface area contributed by atoms with Crippen LogP contribution < -0.4 is 10.5 Å². The Hall–Kier alpha value is -2.60. The van der Waals surface area contributed by atoms with Crippen LogP contribution in [0.25, 0.3) is 16.9 Å². The number of anilines is 1. The van der Waals surface area contributed by atoms with E-state index in [2.05, 4.69) is 49.9 Å². The van der Waals surface area contributed by atoms with Gasteiger partial charge in [-0.15, -0.1) is 5.10 Å². The quantitative estimate of drug-likeness (QED) is 0.670. The topological polar surface area (TPSA) is 62.8 Å². The summed E-state index contributed by atoms with van der Waals surface area (Å²) in [5.41, 5.74) is 6.05. The lowest BCUT2D eigenvalue weighted by molar-refractivity contribution is 0.145. The Kier molecular flexibility index (Phi) is 5.93. The number of aryl methyl sites for hydroxylation is 2. The third kappa shape index (κ3) is 3.78. The van der Waals surface area contributed by atoms with Gasteiger partial charge >= 0.3 is 0 Å². The Morgan fingerprint density at radius 2 is 1.81 bits per heavy atom. The highest BCUT2D eigenvalue weighted by Crippen LogP contribution is 2.30. The SMILES string of the molecule is CCC(CC)c1cc(C)n2nc(-c3ccc(N4CCC(O)CC4)cc3C)n(C)c(=O)c12. The summed E-state index contributed by atoms with van der Waals surface area (Å²) in [6.45, 7) is 10.2. The van der Waals surface area contributed by atoms with Crippen molar-refractivity contribution in [3.63, 3.8) is 0 Å². The van der Waals surface area contributed by atoms with Crippen molar-refractivity contribution in [2.24, 2.45) is 7.05 Å². The zero-order valence-corrected chi connectivity index (χ0v) is 19.4. The van der Waals surface area contributed by atoms with Gasteiger partial charge in [0.25, 0.3) is 5.56 Å². The van der Waals surface area contributed by atoms with Gasteiger partial charge in [-0.3, -0.25) is 9.36 Å². The van der Waals surface area contributed by atoms with Gasteiger partial charge in [-0.25, -0.2) is 4.52 Å². The Labute approximate surface area is 184 Å². The van der Waals surface area contributed by atoms with E-state index in [-0.39, 0.29) is 11.7 Å². The number of hydrogen-bond acceptors (Lipinski definition) is 4. The lowest BCUT2D eigenvalue weighted by atomic mass is 9.95. The van der Waals surface area contributed by atoms with E-state index in [1.165, 1.54) is 0 Å². The van der Waals surface area contributed by atoms with Crippen LogP contribution in [-0.4, -0.2) is 38.5 Å². The molecular formula is C25H34N4O2. The van der Waals surface area contributed by atoms with Crippen molar-refractivity contribution < 1.29 is 5.11 Å². The lowest BCUT2D eigenvalue weighted by Gasteiger charge is -2.31. The van der Waals surface area contributed by atoms with Gasteiger partial charge in [0.2, 0.25) is 0 Å². The van der Waals surface area contributed by atoms with E-state index in [1.54, 1.807) is 4.57 Å². The number of rotatable bonds is 5. The van der Waals surface area contributed by atoms with Crippen LogP contribution in [0.15, 0.2) is 29.1 Å². The van der Waals surface area contributed by atoms with Crippen LogP contribution in [0.2, 0.25) is 0 Å². The fourth-order valence-corrected chi connectivity index (χ4v) is 4.91. The first kappa shape index (κ1) is 21.6. The van der Waals surface area contributed by atoms with Crippen LogP contribution in [0.1, 0.15) is 62.3 Å². The first-order valence-electron chi connectivity index (χ1n) is 11.5. The molecule has 4 rings (SSSR count). The molecule has 0 saturated carbocycles. The maximum absolute atomic E-state index is 13.4. The molecule has 1 aliphatic rings.